The van der Waals surface area contributed by atoms with Crippen LogP contribution in [-0.4, -0.2) is 28.4 Å². The monoisotopic (exact) mass is 361 g/mol. The van der Waals surface area contributed by atoms with Gasteiger partial charge in [-0.1, -0.05) is 6.92 Å². The average molecular weight is 362 g/mol. The fraction of sp³-hybridized carbons (Fsp3) is 0.619. The van der Waals surface area contributed by atoms with E-state index in [0.717, 1.165) is 12.1 Å². The molecular weight excluding hydrogens is 326 g/mol. The van der Waals surface area contributed by atoms with Crippen LogP contribution in [0.4, 0.5) is 5.69 Å². The minimum absolute atomic E-state index is 0.104. The Morgan fingerprint density at radius 2 is 1.27 bits per heavy atom. The van der Waals surface area contributed by atoms with Gasteiger partial charge in [0.25, 0.3) is 11.8 Å². The molecule has 0 aliphatic rings. The van der Waals surface area contributed by atoms with Crippen molar-refractivity contribution in [1.29, 1.82) is 0 Å². The van der Waals surface area contributed by atoms with Crippen molar-refractivity contribution in [3.8, 4) is 0 Å². The third kappa shape index (κ3) is 7.06. The lowest BCUT2D eigenvalue weighted by atomic mass is 9.98. The molecule has 5 heteroatoms. The number of nitrogens with one attached hydrogen (secondary N) is 3. The minimum Gasteiger partial charge on any atom is -0.380 e. The number of carbonyl (C=O) groups is 2. The van der Waals surface area contributed by atoms with Crippen molar-refractivity contribution in [3.63, 3.8) is 0 Å². The van der Waals surface area contributed by atoms with Crippen molar-refractivity contribution in [2.24, 2.45) is 0 Å². The molecule has 0 unspecified atom stereocenters. The lowest BCUT2D eigenvalue weighted by Gasteiger charge is -2.27. The summed E-state index contributed by atoms with van der Waals surface area (Å²) in [4.78, 5) is 25.5. The van der Waals surface area contributed by atoms with E-state index >= 15 is 0 Å². The second kappa shape index (κ2) is 7.68. The van der Waals surface area contributed by atoms with E-state index in [1.54, 1.807) is 12.1 Å². The molecule has 0 aromatic heterocycles. The van der Waals surface area contributed by atoms with Crippen molar-refractivity contribution in [2.75, 3.05) is 5.32 Å². The van der Waals surface area contributed by atoms with E-state index in [1.165, 1.54) is 0 Å². The molecule has 0 saturated carbocycles. The first-order valence-corrected chi connectivity index (χ1v) is 9.21. The van der Waals surface area contributed by atoms with E-state index in [9.17, 15) is 9.59 Å². The van der Waals surface area contributed by atoms with Crippen LogP contribution in [0.15, 0.2) is 18.2 Å². The Hall–Kier alpha value is -2.04. The van der Waals surface area contributed by atoms with E-state index in [2.05, 4.69) is 36.7 Å². The van der Waals surface area contributed by atoms with E-state index in [0.29, 0.717) is 11.1 Å². The Balaban J connectivity index is 3.32. The third-order valence-electron chi connectivity index (χ3n) is 3.85. The van der Waals surface area contributed by atoms with Crippen LogP contribution in [0.1, 0.15) is 89.5 Å². The molecule has 2 amide bonds. The Bertz CT molecular complexity index is 665. The van der Waals surface area contributed by atoms with Crippen molar-refractivity contribution in [2.45, 2.75) is 85.4 Å². The normalized spacial score (nSPS) is 12.5. The second-order valence-electron chi connectivity index (χ2n) is 9.53. The first-order chi connectivity index (χ1) is 11.6. The van der Waals surface area contributed by atoms with Gasteiger partial charge >= 0.3 is 0 Å². The van der Waals surface area contributed by atoms with Crippen molar-refractivity contribution >= 4 is 17.5 Å². The summed E-state index contributed by atoms with van der Waals surface area (Å²) in [5.41, 5.74) is 0.701. The fourth-order valence-corrected chi connectivity index (χ4v) is 2.30. The summed E-state index contributed by atoms with van der Waals surface area (Å²) in [5.74, 6) is -0.507. The SMILES string of the molecule is CCC(C)(C)Nc1ccc(C(=O)NC(C)(C)C)c(C(=O)NC(C)(C)C)c1. The van der Waals surface area contributed by atoms with E-state index in [-0.39, 0.29) is 28.4 Å². The van der Waals surface area contributed by atoms with Gasteiger partial charge in [-0.3, -0.25) is 9.59 Å². The van der Waals surface area contributed by atoms with Crippen LogP contribution in [0.2, 0.25) is 0 Å². The maximum absolute atomic E-state index is 12.8. The smallest absolute Gasteiger partial charge is 0.252 e. The summed E-state index contributed by atoms with van der Waals surface area (Å²) in [6.07, 6.45) is 0.933. The average Bonchev–Trinajstić information content (AvgIpc) is 2.43. The standard InChI is InChI=1S/C21H35N3O2/c1-10-21(8,9)22-14-11-12-15(17(25)23-19(2,3)4)16(13-14)18(26)24-20(5,6)7/h11-13,22H,10H2,1-9H3,(H,23,25)(H,24,26). The van der Waals surface area contributed by atoms with Gasteiger partial charge in [-0.05, 0) is 80.0 Å². The molecule has 1 rings (SSSR count). The lowest BCUT2D eigenvalue weighted by Crippen LogP contribution is -2.43. The van der Waals surface area contributed by atoms with Gasteiger partial charge < -0.3 is 16.0 Å². The van der Waals surface area contributed by atoms with E-state index in [1.807, 2.05) is 47.6 Å². The van der Waals surface area contributed by atoms with Crippen LogP contribution in [0.3, 0.4) is 0 Å². The molecule has 0 heterocycles. The summed E-state index contributed by atoms with van der Waals surface area (Å²) < 4.78 is 0. The zero-order valence-corrected chi connectivity index (χ0v) is 17.8. The molecule has 3 N–H and O–H groups in total. The van der Waals surface area contributed by atoms with Crippen LogP contribution >= 0.6 is 0 Å². The van der Waals surface area contributed by atoms with Crippen LogP contribution in [0.25, 0.3) is 0 Å². The third-order valence-corrected chi connectivity index (χ3v) is 3.85. The second-order valence-corrected chi connectivity index (χ2v) is 9.53. The topological polar surface area (TPSA) is 70.2 Å². The first kappa shape index (κ1) is 22.0. The molecule has 0 saturated heterocycles. The predicted molar refractivity (Wildman–Crippen MR) is 109 cm³/mol. The largest absolute Gasteiger partial charge is 0.380 e. The highest BCUT2D eigenvalue weighted by atomic mass is 16.2. The Morgan fingerprint density at radius 1 is 0.808 bits per heavy atom. The van der Waals surface area contributed by atoms with Crippen molar-refractivity contribution < 1.29 is 9.59 Å². The highest BCUT2D eigenvalue weighted by Gasteiger charge is 2.24. The molecule has 146 valence electrons. The maximum Gasteiger partial charge on any atom is 0.252 e. The molecule has 0 bridgehead atoms. The first-order valence-electron chi connectivity index (χ1n) is 9.21. The molecule has 0 aliphatic heterocycles. The molecule has 0 spiro atoms. The molecule has 0 fully saturated rings. The van der Waals surface area contributed by atoms with Gasteiger partial charge in [-0.25, -0.2) is 0 Å². The van der Waals surface area contributed by atoms with E-state index < -0.39 is 0 Å². The molecule has 0 radical (unpaired) electrons. The van der Waals surface area contributed by atoms with Gasteiger partial charge in [0.15, 0.2) is 0 Å². The molecule has 0 aliphatic carbocycles. The highest BCUT2D eigenvalue weighted by molar-refractivity contribution is 6.08. The number of amides is 2. The minimum atomic E-state index is -0.388. The Kier molecular flexibility index (Phi) is 6.50. The van der Waals surface area contributed by atoms with Gasteiger partial charge in [0.1, 0.15) is 0 Å². The number of anilines is 1. The van der Waals surface area contributed by atoms with Gasteiger partial charge in [0.2, 0.25) is 0 Å². The maximum atomic E-state index is 12.8. The Morgan fingerprint density at radius 3 is 1.69 bits per heavy atom. The number of carbonyl (C=O) groups excluding carboxylic acids is 2. The van der Waals surface area contributed by atoms with Gasteiger partial charge in [0.05, 0.1) is 11.1 Å². The van der Waals surface area contributed by atoms with Crippen LogP contribution in [0, 0.1) is 0 Å². The molecule has 5 nitrogen and oxygen atoms in total. The number of hydrogen-bond donors (Lipinski definition) is 3. The van der Waals surface area contributed by atoms with Gasteiger partial charge in [-0.2, -0.15) is 0 Å². The molecule has 1 aromatic carbocycles. The molecule has 26 heavy (non-hydrogen) atoms. The van der Waals surface area contributed by atoms with Crippen molar-refractivity contribution in [3.05, 3.63) is 29.3 Å². The number of hydrogen-bond acceptors (Lipinski definition) is 3. The van der Waals surface area contributed by atoms with Gasteiger partial charge in [0, 0.05) is 22.3 Å². The highest BCUT2D eigenvalue weighted by Crippen LogP contribution is 2.22. The number of benzene rings is 1. The van der Waals surface area contributed by atoms with Crippen LogP contribution in [0.5, 0.6) is 0 Å². The molecular formula is C21H35N3O2. The van der Waals surface area contributed by atoms with Crippen LogP contribution < -0.4 is 16.0 Å². The quantitative estimate of drug-likeness (QED) is 0.730. The van der Waals surface area contributed by atoms with E-state index in [4.69, 9.17) is 0 Å². The number of rotatable bonds is 5. The molecule has 1 aromatic rings. The lowest BCUT2D eigenvalue weighted by molar-refractivity contribution is 0.0883. The zero-order chi connectivity index (χ0) is 20.3. The summed E-state index contributed by atoms with van der Waals surface area (Å²) in [6.45, 7) is 17.8. The van der Waals surface area contributed by atoms with Crippen molar-refractivity contribution in [1.82, 2.24) is 10.6 Å². The fourth-order valence-electron chi connectivity index (χ4n) is 2.30. The van der Waals surface area contributed by atoms with Crippen LogP contribution in [-0.2, 0) is 0 Å². The summed E-state index contributed by atoms with van der Waals surface area (Å²) >= 11 is 0. The van der Waals surface area contributed by atoms with Gasteiger partial charge in [-0.15, -0.1) is 0 Å². The summed E-state index contributed by atoms with van der Waals surface area (Å²) in [7, 11) is 0. The zero-order valence-electron chi connectivity index (χ0n) is 17.8. The summed E-state index contributed by atoms with van der Waals surface area (Å²) in [5, 5.41) is 9.31. The Labute approximate surface area is 158 Å². The summed E-state index contributed by atoms with van der Waals surface area (Å²) in [6, 6.07) is 5.33. The molecule has 0 atom stereocenters. The predicted octanol–water partition coefficient (Wildman–Crippen LogP) is 4.34.